The van der Waals surface area contributed by atoms with Gasteiger partial charge in [0.1, 0.15) is 0 Å². The van der Waals surface area contributed by atoms with Crippen molar-refractivity contribution < 1.29 is 18.0 Å². The van der Waals surface area contributed by atoms with Gasteiger partial charge in [0.05, 0.1) is 16.3 Å². The van der Waals surface area contributed by atoms with Gasteiger partial charge < -0.3 is 5.32 Å². The van der Waals surface area contributed by atoms with E-state index in [9.17, 15) is 18.0 Å². The number of nitrogens with one attached hydrogen (secondary N) is 1. The molecule has 0 unspecified atom stereocenters. The number of alkyl halides is 4. The third-order valence-electron chi connectivity index (χ3n) is 2.37. The number of hydrogen-bond acceptors (Lipinski definition) is 1. The molecular weight excluding hydrogens is 346 g/mol. The number of unbranched alkanes of at least 4 members (excludes halogenated alkanes) is 1. The van der Waals surface area contributed by atoms with Gasteiger partial charge >= 0.3 is 6.18 Å². The lowest BCUT2D eigenvalue weighted by Crippen LogP contribution is -2.16. The highest BCUT2D eigenvalue weighted by Crippen LogP contribution is 2.38. The molecule has 0 fully saturated rings. The highest BCUT2D eigenvalue weighted by molar-refractivity contribution is 9.09. The van der Waals surface area contributed by atoms with Crippen molar-refractivity contribution in [2.45, 2.75) is 25.4 Å². The van der Waals surface area contributed by atoms with Crippen LogP contribution in [0.5, 0.6) is 0 Å². The number of amides is 1. The molecule has 0 atom stereocenters. The molecule has 1 aromatic rings. The molecule has 0 saturated heterocycles. The van der Waals surface area contributed by atoms with Crippen LogP contribution in [-0.4, -0.2) is 11.2 Å². The van der Waals surface area contributed by atoms with E-state index >= 15 is 0 Å². The maximum Gasteiger partial charge on any atom is 0.418 e. The minimum Gasteiger partial charge on any atom is -0.324 e. The molecule has 0 aromatic heterocycles. The summed E-state index contributed by atoms with van der Waals surface area (Å²) in [6.45, 7) is 0. The molecule has 0 heterocycles. The van der Waals surface area contributed by atoms with Gasteiger partial charge in [0.25, 0.3) is 0 Å². The van der Waals surface area contributed by atoms with Crippen LogP contribution in [0.25, 0.3) is 0 Å². The van der Waals surface area contributed by atoms with Crippen LogP contribution in [-0.2, 0) is 11.0 Å². The van der Waals surface area contributed by atoms with Crippen molar-refractivity contribution in [3.05, 3.63) is 28.8 Å². The number of halogens is 5. The average Bonchev–Trinajstić information content (AvgIpc) is 2.30. The van der Waals surface area contributed by atoms with Crippen LogP contribution in [0, 0.1) is 0 Å². The SMILES string of the molecule is O=C(CCCCBr)Nc1c(Cl)cccc1C(F)(F)F. The van der Waals surface area contributed by atoms with E-state index in [1.807, 2.05) is 0 Å². The standard InChI is InChI=1S/C12H12BrClF3NO/c13-7-2-1-6-10(19)18-11-8(12(15,16)17)4-3-5-9(11)14/h3-5H,1-2,6-7H2,(H,18,19). The van der Waals surface area contributed by atoms with Crippen molar-refractivity contribution in [3.8, 4) is 0 Å². The molecule has 2 nitrogen and oxygen atoms in total. The van der Waals surface area contributed by atoms with E-state index in [-0.39, 0.29) is 17.1 Å². The van der Waals surface area contributed by atoms with Gasteiger partial charge in [-0.2, -0.15) is 13.2 Å². The van der Waals surface area contributed by atoms with Crippen LogP contribution in [0.15, 0.2) is 18.2 Å². The summed E-state index contributed by atoms with van der Waals surface area (Å²) in [5.41, 5.74) is -1.31. The molecule has 0 saturated carbocycles. The number of carbonyl (C=O) groups excluding carboxylic acids is 1. The zero-order valence-corrected chi connectivity index (χ0v) is 12.2. The third kappa shape index (κ3) is 5.03. The monoisotopic (exact) mass is 357 g/mol. The average molecular weight is 359 g/mol. The zero-order chi connectivity index (χ0) is 14.5. The molecule has 0 aliphatic carbocycles. The molecule has 0 spiro atoms. The lowest BCUT2D eigenvalue weighted by molar-refractivity contribution is -0.137. The Balaban J connectivity index is 2.85. The van der Waals surface area contributed by atoms with Gasteiger partial charge in [0, 0.05) is 11.8 Å². The van der Waals surface area contributed by atoms with Crippen molar-refractivity contribution >= 4 is 39.1 Å². The largest absolute Gasteiger partial charge is 0.418 e. The van der Waals surface area contributed by atoms with Gasteiger partial charge in [-0.15, -0.1) is 0 Å². The Morgan fingerprint density at radius 2 is 2.00 bits per heavy atom. The van der Waals surface area contributed by atoms with Crippen LogP contribution in [0.4, 0.5) is 18.9 Å². The fourth-order valence-electron chi connectivity index (χ4n) is 1.47. The summed E-state index contributed by atoms with van der Waals surface area (Å²) in [7, 11) is 0. The summed E-state index contributed by atoms with van der Waals surface area (Å²) < 4.78 is 38.3. The summed E-state index contributed by atoms with van der Waals surface area (Å²) in [5.74, 6) is -0.473. The van der Waals surface area contributed by atoms with Gasteiger partial charge in [-0.25, -0.2) is 0 Å². The molecule has 1 aromatic carbocycles. The minimum atomic E-state index is -4.55. The predicted octanol–water partition coefficient (Wildman–Crippen LogP) is 4.86. The predicted molar refractivity (Wildman–Crippen MR) is 72.7 cm³/mol. The molecule has 106 valence electrons. The maximum absolute atomic E-state index is 12.8. The van der Waals surface area contributed by atoms with Gasteiger partial charge in [0.15, 0.2) is 0 Å². The Morgan fingerprint density at radius 1 is 1.32 bits per heavy atom. The summed E-state index contributed by atoms with van der Waals surface area (Å²) in [4.78, 5) is 11.6. The Hall–Kier alpha value is -0.750. The highest BCUT2D eigenvalue weighted by Gasteiger charge is 2.34. The number of benzene rings is 1. The van der Waals surface area contributed by atoms with Crippen LogP contribution >= 0.6 is 27.5 Å². The number of anilines is 1. The number of hydrogen-bond donors (Lipinski definition) is 1. The van der Waals surface area contributed by atoms with Crippen molar-refractivity contribution in [2.75, 3.05) is 10.6 Å². The van der Waals surface area contributed by atoms with Gasteiger partial charge in [-0.3, -0.25) is 4.79 Å². The first-order valence-corrected chi connectivity index (χ1v) is 7.07. The minimum absolute atomic E-state index is 0.122. The number of para-hydroxylation sites is 1. The Morgan fingerprint density at radius 3 is 2.58 bits per heavy atom. The van der Waals surface area contributed by atoms with Crippen LogP contribution in [0.3, 0.4) is 0 Å². The fraction of sp³-hybridized carbons (Fsp3) is 0.417. The summed E-state index contributed by atoms with van der Waals surface area (Å²) in [5, 5.41) is 2.87. The van der Waals surface area contributed by atoms with E-state index in [1.54, 1.807) is 0 Å². The maximum atomic E-state index is 12.8. The third-order valence-corrected chi connectivity index (χ3v) is 3.25. The van der Waals surface area contributed by atoms with E-state index in [4.69, 9.17) is 11.6 Å². The normalized spacial score (nSPS) is 11.4. The Kier molecular flexibility index (Phi) is 6.13. The first-order chi connectivity index (χ1) is 8.86. The molecule has 0 aliphatic rings. The van der Waals surface area contributed by atoms with Crippen LogP contribution < -0.4 is 5.32 Å². The molecule has 0 aliphatic heterocycles. The topological polar surface area (TPSA) is 29.1 Å². The number of rotatable bonds is 5. The van der Waals surface area contributed by atoms with Gasteiger partial charge in [0.2, 0.25) is 5.91 Å². The summed E-state index contributed by atoms with van der Waals surface area (Å²) >= 11 is 8.93. The molecule has 0 radical (unpaired) electrons. The molecule has 7 heteroatoms. The van der Waals surface area contributed by atoms with Crippen molar-refractivity contribution in [1.29, 1.82) is 0 Å². The smallest absolute Gasteiger partial charge is 0.324 e. The summed E-state index contributed by atoms with van der Waals surface area (Å²) in [6, 6.07) is 3.40. The van der Waals surface area contributed by atoms with E-state index in [0.717, 1.165) is 17.8 Å². The van der Waals surface area contributed by atoms with E-state index in [0.29, 0.717) is 6.42 Å². The van der Waals surface area contributed by atoms with Crippen molar-refractivity contribution in [3.63, 3.8) is 0 Å². The fourth-order valence-corrected chi connectivity index (χ4v) is 2.09. The first-order valence-electron chi connectivity index (χ1n) is 5.57. The summed E-state index contributed by atoms with van der Waals surface area (Å²) in [6.07, 6.45) is -3.01. The second-order valence-electron chi connectivity index (χ2n) is 3.85. The number of carbonyl (C=O) groups is 1. The van der Waals surface area contributed by atoms with Crippen molar-refractivity contribution in [2.24, 2.45) is 0 Å². The lowest BCUT2D eigenvalue weighted by Gasteiger charge is -2.15. The van der Waals surface area contributed by atoms with Crippen molar-refractivity contribution in [1.82, 2.24) is 0 Å². The lowest BCUT2D eigenvalue weighted by atomic mass is 10.1. The second-order valence-corrected chi connectivity index (χ2v) is 5.05. The van der Waals surface area contributed by atoms with E-state index < -0.39 is 17.6 Å². The molecule has 1 amide bonds. The molecule has 19 heavy (non-hydrogen) atoms. The molecular formula is C12H12BrClF3NO. The van der Waals surface area contributed by atoms with Crippen LogP contribution in [0.1, 0.15) is 24.8 Å². The highest BCUT2D eigenvalue weighted by atomic mass is 79.9. The molecule has 0 bridgehead atoms. The molecule has 1 rings (SSSR count). The quantitative estimate of drug-likeness (QED) is 0.591. The van der Waals surface area contributed by atoms with Gasteiger partial charge in [-0.05, 0) is 25.0 Å². The Bertz CT molecular complexity index is 451. The van der Waals surface area contributed by atoms with Gasteiger partial charge in [-0.1, -0.05) is 33.6 Å². The second kappa shape index (κ2) is 7.14. The van der Waals surface area contributed by atoms with E-state index in [2.05, 4.69) is 21.2 Å². The first kappa shape index (κ1) is 16.3. The molecule has 1 N–H and O–H groups in total. The zero-order valence-electron chi connectivity index (χ0n) is 9.86. The Labute approximate surface area is 122 Å². The van der Waals surface area contributed by atoms with Crippen LogP contribution in [0.2, 0.25) is 5.02 Å². The van der Waals surface area contributed by atoms with E-state index in [1.165, 1.54) is 12.1 Å².